The molecule has 3 nitrogen and oxygen atoms in total. The number of piperidine rings is 1. The van der Waals surface area contributed by atoms with Crippen molar-refractivity contribution in [2.45, 2.75) is 12.3 Å². The maximum atomic E-state index is 5.98. The molecule has 1 fully saturated rings. The molecule has 1 aliphatic rings. The summed E-state index contributed by atoms with van der Waals surface area (Å²) in [7, 11) is 1.72. The Bertz CT molecular complexity index is 585. The molecule has 2 atom stereocenters. The molecule has 0 spiro atoms. The number of nitrogens with one attached hydrogen (secondary N) is 1. The summed E-state index contributed by atoms with van der Waals surface area (Å²) in [6.07, 6.45) is 1.13. The van der Waals surface area contributed by atoms with E-state index in [1.807, 2.05) is 36.4 Å². The van der Waals surface area contributed by atoms with Crippen LogP contribution in [-0.4, -0.2) is 26.8 Å². The molecular formula is C19H23NO2. The van der Waals surface area contributed by atoms with Crippen LogP contribution in [0.15, 0.2) is 54.6 Å². The largest absolute Gasteiger partial charge is 0.497 e. The first-order chi connectivity index (χ1) is 10.9. The molecule has 0 unspecified atom stereocenters. The number of rotatable bonds is 5. The lowest BCUT2D eigenvalue weighted by atomic mass is 9.81. The normalized spacial score (nSPS) is 21.3. The third-order valence-electron chi connectivity index (χ3n) is 4.34. The predicted molar refractivity (Wildman–Crippen MR) is 88.6 cm³/mol. The van der Waals surface area contributed by atoms with E-state index in [0.717, 1.165) is 37.6 Å². The van der Waals surface area contributed by atoms with Gasteiger partial charge < -0.3 is 14.8 Å². The average molecular weight is 297 g/mol. The van der Waals surface area contributed by atoms with Crippen molar-refractivity contribution in [1.29, 1.82) is 0 Å². The first-order valence-corrected chi connectivity index (χ1v) is 7.89. The van der Waals surface area contributed by atoms with Crippen LogP contribution in [0, 0.1) is 5.92 Å². The Balaban J connectivity index is 1.70. The SMILES string of the molecule is COc1cccc([C@H]2CCNC[C@@H]2COc2ccccc2)c1. The van der Waals surface area contributed by atoms with Crippen molar-refractivity contribution >= 4 is 0 Å². The highest BCUT2D eigenvalue weighted by Gasteiger charge is 2.27. The van der Waals surface area contributed by atoms with E-state index < -0.39 is 0 Å². The summed E-state index contributed by atoms with van der Waals surface area (Å²) in [5, 5.41) is 3.49. The second-order valence-electron chi connectivity index (χ2n) is 5.76. The summed E-state index contributed by atoms with van der Waals surface area (Å²) < 4.78 is 11.3. The van der Waals surface area contributed by atoms with Crippen molar-refractivity contribution in [3.05, 3.63) is 60.2 Å². The Kier molecular flexibility index (Phi) is 4.96. The van der Waals surface area contributed by atoms with Gasteiger partial charge in [0.2, 0.25) is 0 Å². The number of methoxy groups -OCH3 is 1. The second-order valence-corrected chi connectivity index (χ2v) is 5.76. The summed E-state index contributed by atoms with van der Waals surface area (Å²) >= 11 is 0. The fourth-order valence-corrected chi connectivity index (χ4v) is 3.13. The summed E-state index contributed by atoms with van der Waals surface area (Å²) in [5.41, 5.74) is 1.35. The van der Waals surface area contributed by atoms with Gasteiger partial charge in [-0.3, -0.25) is 0 Å². The number of benzene rings is 2. The van der Waals surface area contributed by atoms with Crippen LogP contribution < -0.4 is 14.8 Å². The lowest BCUT2D eigenvalue weighted by Crippen LogP contribution is -2.38. The van der Waals surface area contributed by atoms with Gasteiger partial charge in [0.1, 0.15) is 11.5 Å². The summed E-state index contributed by atoms with van der Waals surface area (Å²) in [6.45, 7) is 2.79. The number of hydrogen-bond donors (Lipinski definition) is 1. The van der Waals surface area contributed by atoms with Crippen LogP contribution in [-0.2, 0) is 0 Å². The smallest absolute Gasteiger partial charge is 0.119 e. The van der Waals surface area contributed by atoms with Gasteiger partial charge in [-0.25, -0.2) is 0 Å². The molecule has 0 amide bonds. The van der Waals surface area contributed by atoms with E-state index in [1.165, 1.54) is 5.56 Å². The summed E-state index contributed by atoms with van der Waals surface area (Å²) in [6, 6.07) is 18.5. The van der Waals surface area contributed by atoms with Crippen LogP contribution >= 0.6 is 0 Å². The Hall–Kier alpha value is -2.00. The third kappa shape index (κ3) is 3.60. The summed E-state index contributed by atoms with van der Waals surface area (Å²) in [5.74, 6) is 2.86. The maximum Gasteiger partial charge on any atom is 0.119 e. The van der Waals surface area contributed by atoms with Crippen molar-refractivity contribution in [2.24, 2.45) is 5.92 Å². The third-order valence-corrected chi connectivity index (χ3v) is 4.34. The Morgan fingerprint density at radius 3 is 2.68 bits per heavy atom. The van der Waals surface area contributed by atoms with Gasteiger partial charge in [-0.2, -0.15) is 0 Å². The predicted octanol–water partition coefficient (Wildman–Crippen LogP) is 3.47. The molecule has 1 saturated heterocycles. The Morgan fingerprint density at radius 1 is 1.05 bits per heavy atom. The number of ether oxygens (including phenoxy) is 2. The van der Waals surface area contributed by atoms with Crippen molar-refractivity contribution in [3.63, 3.8) is 0 Å². The molecule has 0 radical (unpaired) electrons. The van der Waals surface area contributed by atoms with E-state index in [2.05, 4.69) is 23.5 Å². The zero-order valence-electron chi connectivity index (χ0n) is 13.0. The Labute approximate surface area is 132 Å². The van der Waals surface area contributed by atoms with Gasteiger partial charge in [-0.05, 0) is 48.7 Å². The molecule has 1 heterocycles. The molecule has 3 rings (SSSR count). The quantitative estimate of drug-likeness (QED) is 0.916. The molecule has 116 valence electrons. The number of hydrogen-bond acceptors (Lipinski definition) is 3. The first kappa shape index (κ1) is 14.9. The molecule has 0 aliphatic carbocycles. The molecule has 1 aliphatic heterocycles. The van der Waals surface area contributed by atoms with Crippen LogP contribution in [0.3, 0.4) is 0 Å². The van der Waals surface area contributed by atoms with Crippen LogP contribution in [0.4, 0.5) is 0 Å². The van der Waals surface area contributed by atoms with Crippen LogP contribution in [0.2, 0.25) is 0 Å². The van der Waals surface area contributed by atoms with Gasteiger partial charge in [-0.1, -0.05) is 30.3 Å². The van der Waals surface area contributed by atoms with Gasteiger partial charge >= 0.3 is 0 Å². The second kappa shape index (κ2) is 7.32. The minimum Gasteiger partial charge on any atom is -0.497 e. The highest BCUT2D eigenvalue weighted by atomic mass is 16.5. The maximum absolute atomic E-state index is 5.98. The van der Waals surface area contributed by atoms with Gasteiger partial charge in [0.05, 0.1) is 13.7 Å². The number of para-hydroxylation sites is 1. The lowest BCUT2D eigenvalue weighted by molar-refractivity contribution is 0.197. The Morgan fingerprint density at radius 2 is 1.86 bits per heavy atom. The highest BCUT2D eigenvalue weighted by molar-refractivity contribution is 5.31. The zero-order chi connectivity index (χ0) is 15.2. The van der Waals surface area contributed by atoms with Crippen molar-refractivity contribution in [1.82, 2.24) is 5.32 Å². The molecule has 22 heavy (non-hydrogen) atoms. The van der Waals surface area contributed by atoms with Gasteiger partial charge in [0.15, 0.2) is 0 Å². The summed E-state index contributed by atoms with van der Waals surface area (Å²) in [4.78, 5) is 0. The lowest BCUT2D eigenvalue weighted by Gasteiger charge is -2.32. The van der Waals surface area contributed by atoms with Crippen molar-refractivity contribution in [2.75, 3.05) is 26.8 Å². The molecule has 0 saturated carbocycles. The average Bonchev–Trinajstić information content (AvgIpc) is 2.61. The van der Waals surface area contributed by atoms with Crippen molar-refractivity contribution < 1.29 is 9.47 Å². The van der Waals surface area contributed by atoms with Crippen molar-refractivity contribution in [3.8, 4) is 11.5 Å². The van der Waals surface area contributed by atoms with Gasteiger partial charge in [0, 0.05) is 12.5 Å². The van der Waals surface area contributed by atoms with Gasteiger partial charge in [0.25, 0.3) is 0 Å². The molecule has 1 N–H and O–H groups in total. The van der Waals surface area contributed by atoms with E-state index in [-0.39, 0.29) is 0 Å². The zero-order valence-corrected chi connectivity index (χ0v) is 13.0. The minimum absolute atomic E-state index is 0.473. The molecule has 2 aromatic rings. The molecular weight excluding hydrogens is 274 g/mol. The standard InChI is InChI=1S/C19H23NO2/c1-21-18-9-5-6-15(12-18)19-10-11-20-13-16(19)14-22-17-7-3-2-4-8-17/h2-9,12,16,19-20H,10-11,13-14H2,1H3/t16-,19-/m1/s1. The molecule has 0 aromatic heterocycles. The van der Waals surface area contributed by atoms with Crippen LogP contribution in [0.5, 0.6) is 11.5 Å². The fourth-order valence-electron chi connectivity index (χ4n) is 3.13. The van der Waals surface area contributed by atoms with E-state index in [4.69, 9.17) is 9.47 Å². The van der Waals surface area contributed by atoms with E-state index in [9.17, 15) is 0 Å². The van der Waals surface area contributed by atoms with Crippen LogP contribution in [0.1, 0.15) is 17.9 Å². The van der Waals surface area contributed by atoms with E-state index in [0.29, 0.717) is 11.8 Å². The molecule has 0 bridgehead atoms. The molecule has 3 heteroatoms. The van der Waals surface area contributed by atoms with E-state index in [1.54, 1.807) is 7.11 Å². The minimum atomic E-state index is 0.473. The van der Waals surface area contributed by atoms with Gasteiger partial charge in [-0.15, -0.1) is 0 Å². The first-order valence-electron chi connectivity index (χ1n) is 7.89. The highest BCUT2D eigenvalue weighted by Crippen LogP contribution is 2.32. The topological polar surface area (TPSA) is 30.5 Å². The van der Waals surface area contributed by atoms with E-state index >= 15 is 0 Å². The monoisotopic (exact) mass is 297 g/mol. The molecule has 2 aromatic carbocycles. The van der Waals surface area contributed by atoms with Crippen LogP contribution in [0.25, 0.3) is 0 Å². The fraction of sp³-hybridized carbons (Fsp3) is 0.368.